The minimum absolute atomic E-state index is 0.747. The maximum Gasteiger partial charge on any atom is 0.144 e. The van der Waals surface area contributed by atoms with Crippen molar-refractivity contribution in [3.63, 3.8) is 0 Å². The summed E-state index contributed by atoms with van der Waals surface area (Å²) in [4.78, 5) is 16.7. The number of fused-ring (bicyclic) bond motifs is 4. The number of aromatic nitrogens is 4. The van der Waals surface area contributed by atoms with E-state index in [9.17, 15) is 0 Å². The lowest BCUT2D eigenvalue weighted by molar-refractivity contribution is 0.0327. The van der Waals surface area contributed by atoms with Crippen molar-refractivity contribution in [3.05, 3.63) is 35.1 Å². The van der Waals surface area contributed by atoms with E-state index in [1.165, 1.54) is 10.4 Å². The van der Waals surface area contributed by atoms with Gasteiger partial charge in [0.15, 0.2) is 0 Å². The van der Waals surface area contributed by atoms with Crippen molar-refractivity contribution >= 4 is 44.0 Å². The van der Waals surface area contributed by atoms with Crippen LogP contribution in [0.2, 0.25) is 0 Å². The van der Waals surface area contributed by atoms with Crippen LogP contribution in [0.1, 0.15) is 10.4 Å². The molecule has 2 N–H and O–H groups in total. The van der Waals surface area contributed by atoms with Crippen molar-refractivity contribution in [3.8, 4) is 5.75 Å². The van der Waals surface area contributed by atoms with Crippen LogP contribution < -0.4 is 10.1 Å². The van der Waals surface area contributed by atoms with Crippen LogP contribution in [0, 0.1) is 0 Å². The highest BCUT2D eigenvalue weighted by molar-refractivity contribution is 7.19. The van der Waals surface area contributed by atoms with Gasteiger partial charge in [0.25, 0.3) is 0 Å². The molecule has 0 aliphatic carbocycles. The molecule has 10 heteroatoms. The number of rotatable bonds is 6. The Balaban J connectivity index is 1.25. The molecule has 0 radical (unpaired) electrons. The zero-order valence-electron chi connectivity index (χ0n) is 18.6. The summed E-state index contributed by atoms with van der Waals surface area (Å²) in [6.45, 7) is 8.02. The van der Waals surface area contributed by atoms with Crippen LogP contribution in [0.3, 0.4) is 0 Å². The lowest BCUT2D eigenvalue weighted by Crippen LogP contribution is -2.42. The maximum absolute atomic E-state index is 5.62. The largest absolute Gasteiger partial charge is 0.494 e. The van der Waals surface area contributed by atoms with Gasteiger partial charge in [-0.05, 0) is 18.1 Å². The molecule has 1 saturated heterocycles. The molecule has 0 atom stereocenters. The molecule has 172 valence electrons. The summed E-state index contributed by atoms with van der Waals surface area (Å²) in [5, 5.41) is 12.8. The van der Waals surface area contributed by atoms with E-state index in [2.05, 4.69) is 35.3 Å². The second-order valence-corrected chi connectivity index (χ2v) is 9.60. The molecule has 1 fully saturated rings. The molecule has 0 saturated carbocycles. The molecule has 0 amide bonds. The first kappa shape index (κ1) is 20.8. The maximum atomic E-state index is 5.62. The highest BCUT2D eigenvalue weighted by Gasteiger charge is 2.24. The first-order valence-electron chi connectivity index (χ1n) is 11.3. The number of nitrogens with zero attached hydrogens (tertiary/aromatic N) is 5. The molecule has 0 bridgehead atoms. The third kappa shape index (κ3) is 4.04. The number of thiophene rings is 1. The predicted molar refractivity (Wildman–Crippen MR) is 130 cm³/mol. The fourth-order valence-corrected chi connectivity index (χ4v) is 5.97. The summed E-state index contributed by atoms with van der Waals surface area (Å²) in [7, 11) is 1.68. The average molecular weight is 466 g/mol. The van der Waals surface area contributed by atoms with Gasteiger partial charge < -0.3 is 14.8 Å². The number of hydrogen-bond donors (Lipinski definition) is 2. The Morgan fingerprint density at radius 1 is 1.15 bits per heavy atom. The first-order chi connectivity index (χ1) is 16.3. The van der Waals surface area contributed by atoms with Crippen LogP contribution in [0.15, 0.2) is 24.7 Å². The van der Waals surface area contributed by atoms with Gasteiger partial charge in [0, 0.05) is 55.6 Å². The quantitative estimate of drug-likeness (QED) is 0.449. The van der Waals surface area contributed by atoms with Crippen LogP contribution in [0.4, 0.5) is 11.5 Å². The summed E-state index contributed by atoms with van der Waals surface area (Å²) in [5.74, 6) is 1.58. The number of morpholine rings is 1. The minimum Gasteiger partial charge on any atom is -0.494 e. The normalized spacial score (nSPS) is 17.5. The SMILES string of the molecule is COc1cc2[nH]ncc2cc1Nc1ncnc2sc3c(c12)CCN(CCN1CCOCC1)C3. The van der Waals surface area contributed by atoms with Crippen LogP contribution in [0.25, 0.3) is 21.1 Å². The second-order valence-electron chi connectivity index (χ2n) is 8.52. The topological polar surface area (TPSA) is 91.4 Å². The van der Waals surface area contributed by atoms with Gasteiger partial charge in [0.1, 0.15) is 22.7 Å². The number of anilines is 2. The van der Waals surface area contributed by atoms with Crippen molar-refractivity contribution in [1.82, 2.24) is 30.0 Å². The van der Waals surface area contributed by atoms with E-state index in [1.54, 1.807) is 24.8 Å². The highest BCUT2D eigenvalue weighted by Crippen LogP contribution is 2.39. The molecular formula is C23H27N7O2S. The first-order valence-corrected chi connectivity index (χ1v) is 12.2. The van der Waals surface area contributed by atoms with Gasteiger partial charge in [-0.1, -0.05) is 0 Å². The van der Waals surface area contributed by atoms with Gasteiger partial charge in [-0.15, -0.1) is 11.3 Å². The number of benzene rings is 1. The fourth-order valence-electron chi connectivity index (χ4n) is 4.74. The van der Waals surface area contributed by atoms with Gasteiger partial charge in [-0.2, -0.15) is 5.10 Å². The van der Waals surface area contributed by atoms with Crippen molar-refractivity contribution in [2.45, 2.75) is 13.0 Å². The zero-order valence-corrected chi connectivity index (χ0v) is 19.5. The number of H-pyrrole nitrogens is 1. The van der Waals surface area contributed by atoms with Gasteiger partial charge >= 0.3 is 0 Å². The van der Waals surface area contributed by atoms with E-state index in [-0.39, 0.29) is 0 Å². The summed E-state index contributed by atoms with van der Waals surface area (Å²) in [6.07, 6.45) is 4.47. The summed E-state index contributed by atoms with van der Waals surface area (Å²) in [6, 6.07) is 4.00. The summed E-state index contributed by atoms with van der Waals surface area (Å²) < 4.78 is 11.1. The molecule has 0 unspecified atom stereocenters. The second kappa shape index (κ2) is 8.86. The molecule has 5 heterocycles. The molecule has 2 aliphatic rings. The Labute approximate surface area is 195 Å². The fraction of sp³-hybridized carbons (Fsp3) is 0.435. The van der Waals surface area contributed by atoms with E-state index in [0.29, 0.717) is 0 Å². The van der Waals surface area contributed by atoms with Gasteiger partial charge in [0.05, 0.1) is 43.1 Å². The lowest BCUT2D eigenvalue weighted by Gasteiger charge is -2.31. The summed E-state index contributed by atoms with van der Waals surface area (Å²) in [5.41, 5.74) is 3.19. The van der Waals surface area contributed by atoms with Gasteiger partial charge in [-0.3, -0.25) is 14.9 Å². The monoisotopic (exact) mass is 465 g/mol. The standard InChI is InChI=1S/C23H27N7O2S/c1-31-19-11-17-15(12-26-28-17)10-18(19)27-22-21-16-2-3-30(5-4-29-6-8-32-9-7-29)13-20(16)33-23(21)25-14-24-22/h10-12,14H,2-9,13H2,1H3,(H,26,28)(H,24,25,27). The van der Waals surface area contributed by atoms with E-state index in [4.69, 9.17) is 9.47 Å². The molecule has 6 rings (SSSR count). The summed E-state index contributed by atoms with van der Waals surface area (Å²) >= 11 is 1.79. The molecule has 33 heavy (non-hydrogen) atoms. The average Bonchev–Trinajstić information content (AvgIpc) is 3.46. The van der Waals surface area contributed by atoms with Crippen LogP contribution >= 0.6 is 11.3 Å². The molecule has 3 aromatic heterocycles. The lowest BCUT2D eigenvalue weighted by atomic mass is 10.0. The Hall–Kier alpha value is -2.79. The van der Waals surface area contributed by atoms with Crippen molar-refractivity contribution in [1.29, 1.82) is 0 Å². The molecular weight excluding hydrogens is 438 g/mol. The molecule has 1 aromatic carbocycles. The Morgan fingerprint density at radius 3 is 2.91 bits per heavy atom. The number of hydrogen-bond acceptors (Lipinski definition) is 9. The van der Waals surface area contributed by atoms with E-state index in [0.717, 1.165) is 97.3 Å². The van der Waals surface area contributed by atoms with Crippen LogP contribution in [-0.4, -0.2) is 83.0 Å². The Kier molecular flexibility index (Phi) is 5.58. The van der Waals surface area contributed by atoms with E-state index in [1.807, 2.05) is 18.3 Å². The Bertz CT molecular complexity index is 1280. The van der Waals surface area contributed by atoms with Crippen molar-refractivity contribution in [2.24, 2.45) is 0 Å². The number of methoxy groups -OCH3 is 1. The third-order valence-corrected chi connectivity index (χ3v) is 7.69. The van der Waals surface area contributed by atoms with Crippen LogP contribution in [-0.2, 0) is 17.7 Å². The third-order valence-electron chi connectivity index (χ3n) is 6.57. The predicted octanol–water partition coefficient (Wildman–Crippen LogP) is 3.01. The molecule has 4 aromatic rings. The van der Waals surface area contributed by atoms with Gasteiger partial charge in [0.2, 0.25) is 0 Å². The van der Waals surface area contributed by atoms with Crippen molar-refractivity contribution < 1.29 is 9.47 Å². The smallest absolute Gasteiger partial charge is 0.144 e. The van der Waals surface area contributed by atoms with Crippen molar-refractivity contribution in [2.75, 3.05) is 58.4 Å². The van der Waals surface area contributed by atoms with E-state index >= 15 is 0 Å². The number of nitrogens with one attached hydrogen (secondary N) is 2. The molecule has 2 aliphatic heterocycles. The zero-order chi connectivity index (χ0) is 22.2. The molecule has 0 spiro atoms. The van der Waals surface area contributed by atoms with E-state index < -0.39 is 0 Å². The highest BCUT2D eigenvalue weighted by atomic mass is 32.1. The molecule has 9 nitrogen and oxygen atoms in total. The minimum atomic E-state index is 0.747. The Morgan fingerprint density at radius 2 is 2.03 bits per heavy atom. The van der Waals surface area contributed by atoms with Gasteiger partial charge in [-0.25, -0.2) is 9.97 Å². The number of aromatic amines is 1. The van der Waals surface area contributed by atoms with Crippen LogP contribution in [0.5, 0.6) is 5.75 Å². The number of ether oxygens (including phenoxy) is 2.